The van der Waals surface area contributed by atoms with Crippen LogP contribution in [0.4, 0.5) is 0 Å². The van der Waals surface area contributed by atoms with Gasteiger partial charge in [-0.3, -0.25) is 4.79 Å². The molecule has 1 unspecified atom stereocenters. The Morgan fingerprint density at radius 1 is 1.44 bits per heavy atom. The van der Waals surface area contributed by atoms with E-state index in [-0.39, 0.29) is 5.56 Å². The van der Waals surface area contributed by atoms with Gasteiger partial charge in [-0.25, -0.2) is 0 Å². The van der Waals surface area contributed by atoms with Crippen molar-refractivity contribution in [1.29, 1.82) is 0 Å². The molecular weight excluding hydrogens is 226 g/mol. The van der Waals surface area contributed by atoms with Gasteiger partial charge in [-0.1, -0.05) is 6.07 Å². The molecule has 0 radical (unpaired) electrons. The Balaban J connectivity index is 2.36. The summed E-state index contributed by atoms with van der Waals surface area (Å²) in [6.45, 7) is 1.69. The molecule has 1 N–H and O–H groups in total. The second kappa shape index (κ2) is 5.67. The molecule has 1 heterocycles. The van der Waals surface area contributed by atoms with Crippen molar-refractivity contribution in [1.82, 2.24) is 14.8 Å². The Labute approximate surface area is 109 Å². The number of fused-ring (bicyclic) bond motifs is 1. The minimum Gasteiger partial charge on any atom is -0.313 e. The number of hydrogen-bond acceptors (Lipinski definition) is 3. The van der Waals surface area contributed by atoms with Crippen LogP contribution in [-0.4, -0.2) is 37.2 Å². The lowest BCUT2D eigenvalue weighted by Gasteiger charge is -2.28. The maximum atomic E-state index is 12.0. The van der Waals surface area contributed by atoms with Gasteiger partial charge in [-0.2, -0.15) is 0 Å². The molecule has 0 amide bonds. The highest BCUT2D eigenvalue weighted by atomic mass is 16.1. The highest BCUT2D eigenvalue weighted by Crippen LogP contribution is 2.28. The van der Waals surface area contributed by atoms with E-state index < -0.39 is 0 Å². The number of hydrogen-bond donors (Lipinski definition) is 1. The molecule has 0 bridgehead atoms. The third-order valence-corrected chi connectivity index (χ3v) is 3.73. The van der Waals surface area contributed by atoms with Crippen molar-refractivity contribution >= 4 is 0 Å². The first-order chi connectivity index (χ1) is 8.63. The van der Waals surface area contributed by atoms with Crippen LogP contribution in [0.3, 0.4) is 0 Å². The summed E-state index contributed by atoms with van der Waals surface area (Å²) < 4.78 is 1.96. The van der Waals surface area contributed by atoms with Crippen LogP contribution in [0.1, 0.15) is 30.1 Å². The third kappa shape index (κ3) is 2.65. The van der Waals surface area contributed by atoms with Crippen molar-refractivity contribution in [3.8, 4) is 0 Å². The Bertz CT molecular complexity index is 465. The van der Waals surface area contributed by atoms with Crippen molar-refractivity contribution in [2.24, 2.45) is 0 Å². The van der Waals surface area contributed by atoms with Crippen molar-refractivity contribution in [2.45, 2.75) is 31.8 Å². The van der Waals surface area contributed by atoms with Gasteiger partial charge in [0.15, 0.2) is 0 Å². The molecule has 1 aliphatic rings. The van der Waals surface area contributed by atoms with Crippen LogP contribution < -0.4 is 10.9 Å². The van der Waals surface area contributed by atoms with E-state index in [4.69, 9.17) is 0 Å². The highest BCUT2D eigenvalue weighted by Gasteiger charge is 2.21. The Morgan fingerprint density at radius 2 is 2.22 bits per heavy atom. The minimum absolute atomic E-state index is 0.132. The van der Waals surface area contributed by atoms with Crippen LogP contribution in [0.5, 0.6) is 0 Å². The predicted octanol–water partition coefficient (Wildman–Crippen LogP) is 1.01. The van der Waals surface area contributed by atoms with Gasteiger partial charge >= 0.3 is 0 Å². The standard InChI is InChI=1S/C14H23N3O/c1-15-12-5-4-6-13-11(12)7-8-14(18)17(13)10-9-16(2)3/h7-8,12,15H,4-6,9-10H2,1-3H3. The van der Waals surface area contributed by atoms with Gasteiger partial charge in [-0.05, 0) is 46.0 Å². The number of nitrogens with zero attached hydrogens (tertiary/aromatic N) is 2. The molecule has 100 valence electrons. The van der Waals surface area contributed by atoms with E-state index in [1.165, 1.54) is 11.3 Å². The van der Waals surface area contributed by atoms with Gasteiger partial charge in [0.1, 0.15) is 0 Å². The second-order valence-electron chi connectivity index (χ2n) is 5.26. The Hall–Kier alpha value is -1.13. The molecule has 0 saturated carbocycles. The summed E-state index contributed by atoms with van der Waals surface area (Å²) >= 11 is 0. The van der Waals surface area contributed by atoms with Gasteiger partial charge < -0.3 is 14.8 Å². The maximum Gasteiger partial charge on any atom is 0.250 e. The molecule has 0 aromatic carbocycles. The van der Waals surface area contributed by atoms with Gasteiger partial charge in [0.25, 0.3) is 5.56 Å². The molecule has 4 nitrogen and oxygen atoms in total. The van der Waals surface area contributed by atoms with Crippen molar-refractivity contribution < 1.29 is 0 Å². The monoisotopic (exact) mass is 249 g/mol. The second-order valence-corrected chi connectivity index (χ2v) is 5.26. The van der Waals surface area contributed by atoms with Crippen LogP contribution in [0, 0.1) is 0 Å². The maximum absolute atomic E-state index is 12.0. The van der Waals surface area contributed by atoms with Crippen LogP contribution >= 0.6 is 0 Å². The molecule has 0 fully saturated rings. The molecule has 2 rings (SSSR count). The largest absolute Gasteiger partial charge is 0.313 e. The lowest BCUT2D eigenvalue weighted by Crippen LogP contribution is -2.33. The number of rotatable bonds is 4. The van der Waals surface area contributed by atoms with E-state index in [1.54, 1.807) is 6.07 Å². The first kappa shape index (κ1) is 13.3. The fraction of sp³-hybridized carbons (Fsp3) is 0.643. The lowest BCUT2D eigenvalue weighted by molar-refractivity contribution is 0.371. The molecule has 1 aromatic rings. The van der Waals surface area contributed by atoms with Gasteiger partial charge in [0.05, 0.1) is 0 Å². The van der Waals surface area contributed by atoms with E-state index in [0.717, 1.165) is 32.4 Å². The SMILES string of the molecule is CNC1CCCc2c1ccc(=O)n2CCN(C)C. The van der Waals surface area contributed by atoms with Crippen molar-refractivity contribution in [3.05, 3.63) is 33.7 Å². The predicted molar refractivity (Wildman–Crippen MR) is 74.0 cm³/mol. The van der Waals surface area contributed by atoms with E-state index >= 15 is 0 Å². The number of nitrogens with one attached hydrogen (secondary N) is 1. The quantitative estimate of drug-likeness (QED) is 0.865. The number of likely N-dealkylation sites (N-methyl/N-ethyl adjacent to an activating group) is 1. The lowest BCUT2D eigenvalue weighted by atomic mass is 9.91. The van der Waals surface area contributed by atoms with Crippen LogP contribution in [0.15, 0.2) is 16.9 Å². The van der Waals surface area contributed by atoms with Gasteiger partial charge in [-0.15, -0.1) is 0 Å². The van der Waals surface area contributed by atoms with E-state index in [9.17, 15) is 4.79 Å². The topological polar surface area (TPSA) is 37.3 Å². The molecule has 1 aromatic heterocycles. The van der Waals surface area contributed by atoms with Crippen LogP contribution in [-0.2, 0) is 13.0 Å². The fourth-order valence-corrected chi connectivity index (χ4v) is 2.71. The minimum atomic E-state index is 0.132. The molecule has 18 heavy (non-hydrogen) atoms. The first-order valence-corrected chi connectivity index (χ1v) is 6.68. The van der Waals surface area contributed by atoms with Crippen molar-refractivity contribution in [2.75, 3.05) is 27.7 Å². The fourth-order valence-electron chi connectivity index (χ4n) is 2.71. The van der Waals surface area contributed by atoms with E-state index in [1.807, 2.05) is 31.8 Å². The summed E-state index contributed by atoms with van der Waals surface area (Å²) in [5, 5.41) is 3.35. The molecule has 0 spiro atoms. The normalized spacial score (nSPS) is 19.0. The Kier molecular flexibility index (Phi) is 4.19. The third-order valence-electron chi connectivity index (χ3n) is 3.73. The van der Waals surface area contributed by atoms with Gasteiger partial charge in [0.2, 0.25) is 0 Å². The van der Waals surface area contributed by atoms with E-state index in [2.05, 4.69) is 10.2 Å². The average molecular weight is 249 g/mol. The summed E-state index contributed by atoms with van der Waals surface area (Å²) in [6.07, 6.45) is 3.34. The highest BCUT2D eigenvalue weighted by molar-refractivity contribution is 5.27. The summed E-state index contributed by atoms with van der Waals surface area (Å²) in [5.74, 6) is 0. The number of pyridine rings is 1. The zero-order valence-electron chi connectivity index (χ0n) is 11.6. The smallest absolute Gasteiger partial charge is 0.250 e. The molecule has 0 aliphatic heterocycles. The Morgan fingerprint density at radius 3 is 2.89 bits per heavy atom. The van der Waals surface area contributed by atoms with Crippen LogP contribution in [0.2, 0.25) is 0 Å². The van der Waals surface area contributed by atoms with Crippen molar-refractivity contribution in [3.63, 3.8) is 0 Å². The summed E-state index contributed by atoms with van der Waals surface area (Å²) in [7, 11) is 6.07. The zero-order chi connectivity index (χ0) is 13.1. The first-order valence-electron chi connectivity index (χ1n) is 6.68. The molecule has 0 saturated heterocycles. The number of aromatic nitrogens is 1. The summed E-state index contributed by atoms with van der Waals surface area (Å²) in [5.41, 5.74) is 2.67. The average Bonchev–Trinajstić information content (AvgIpc) is 2.36. The summed E-state index contributed by atoms with van der Waals surface area (Å²) in [6, 6.07) is 4.12. The van der Waals surface area contributed by atoms with E-state index in [0.29, 0.717) is 6.04 Å². The zero-order valence-corrected chi connectivity index (χ0v) is 11.6. The van der Waals surface area contributed by atoms with Crippen LogP contribution in [0.25, 0.3) is 0 Å². The summed E-state index contributed by atoms with van der Waals surface area (Å²) in [4.78, 5) is 14.1. The molecule has 4 heteroatoms. The van der Waals surface area contributed by atoms with Gasteiger partial charge in [0, 0.05) is 30.9 Å². The molecular formula is C14H23N3O. The molecule has 1 aliphatic carbocycles. The molecule has 1 atom stereocenters.